The van der Waals surface area contributed by atoms with E-state index in [4.69, 9.17) is 9.84 Å². The summed E-state index contributed by atoms with van der Waals surface area (Å²) in [7, 11) is -3.79. The van der Waals surface area contributed by atoms with Gasteiger partial charge in [0.05, 0.1) is 25.1 Å². The molecule has 9 heteroatoms. The van der Waals surface area contributed by atoms with Crippen molar-refractivity contribution in [3.8, 4) is 0 Å². The van der Waals surface area contributed by atoms with Crippen LogP contribution in [0, 0.1) is 0 Å². The second kappa shape index (κ2) is 9.69. The van der Waals surface area contributed by atoms with E-state index >= 15 is 0 Å². The van der Waals surface area contributed by atoms with Crippen molar-refractivity contribution in [1.82, 2.24) is 4.72 Å². The first-order valence-electron chi connectivity index (χ1n) is 6.68. The number of carboxylic acid groups (broad SMARTS) is 1. The number of hydrogen-bond acceptors (Lipinski definition) is 6. The Morgan fingerprint density at radius 3 is 2.38 bits per heavy atom. The maximum atomic E-state index is 11.7. The van der Waals surface area contributed by atoms with Gasteiger partial charge in [0.1, 0.15) is 6.04 Å². The van der Waals surface area contributed by atoms with E-state index in [-0.39, 0.29) is 37.9 Å². The van der Waals surface area contributed by atoms with Crippen molar-refractivity contribution in [2.75, 3.05) is 19.0 Å². The molecular weight excluding hydrogens is 302 g/mol. The summed E-state index contributed by atoms with van der Waals surface area (Å²) in [5.41, 5.74) is 0. The fraction of sp³-hybridized carbons (Fsp3) is 0.833. The van der Waals surface area contributed by atoms with Crippen molar-refractivity contribution in [3.05, 3.63) is 0 Å². The maximum Gasteiger partial charge on any atom is 0.321 e. The normalized spacial score (nSPS) is 13.1. The van der Waals surface area contributed by atoms with Crippen molar-refractivity contribution >= 4 is 22.0 Å². The van der Waals surface area contributed by atoms with Gasteiger partial charge in [-0.2, -0.15) is 0 Å². The number of carbonyl (C=O) groups excluding carboxylic acids is 1. The van der Waals surface area contributed by atoms with Gasteiger partial charge in [-0.3, -0.25) is 9.59 Å². The number of esters is 1. The highest BCUT2D eigenvalue weighted by atomic mass is 32.2. The van der Waals surface area contributed by atoms with Gasteiger partial charge in [-0.1, -0.05) is 0 Å². The van der Waals surface area contributed by atoms with Crippen molar-refractivity contribution in [2.45, 2.75) is 45.8 Å². The Morgan fingerprint density at radius 2 is 1.90 bits per heavy atom. The van der Waals surface area contributed by atoms with Gasteiger partial charge in [0.25, 0.3) is 0 Å². The van der Waals surface area contributed by atoms with Gasteiger partial charge < -0.3 is 14.6 Å². The Balaban J connectivity index is 4.41. The number of sulfonamides is 1. The van der Waals surface area contributed by atoms with Crippen molar-refractivity contribution in [2.24, 2.45) is 0 Å². The molecule has 21 heavy (non-hydrogen) atoms. The van der Waals surface area contributed by atoms with Crippen LogP contribution in [0.4, 0.5) is 0 Å². The lowest BCUT2D eigenvalue weighted by Gasteiger charge is -2.15. The molecule has 0 saturated carbocycles. The molecule has 0 aromatic rings. The summed E-state index contributed by atoms with van der Waals surface area (Å²) in [4.78, 5) is 22.2. The van der Waals surface area contributed by atoms with Crippen LogP contribution in [-0.2, 0) is 29.1 Å². The van der Waals surface area contributed by atoms with E-state index in [1.807, 2.05) is 4.72 Å². The van der Waals surface area contributed by atoms with Crippen LogP contribution in [0.1, 0.15) is 33.6 Å². The monoisotopic (exact) mass is 325 g/mol. The highest BCUT2D eigenvalue weighted by Crippen LogP contribution is 2.03. The minimum atomic E-state index is -3.79. The number of ether oxygens (including phenoxy) is 2. The van der Waals surface area contributed by atoms with Crippen LogP contribution in [0.5, 0.6) is 0 Å². The fourth-order valence-electron chi connectivity index (χ4n) is 1.40. The zero-order valence-corrected chi connectivity index (χ0v) is 13.3. The molecule has 2 N–H and O–H groups in total. The van der Waals surface area contributed by atoms with E-state index in [2.05, 4.69) is 4.74 Å². The quantitative estimate of drug-likeness (QED) is 0.518. The number of carboxylic acids is 1. The number of hydrogen-bond donors (Lipinski definition) is 2. The molecule has 0 aromatic carbocycles. The Hall–Kier alpha value is -1.19. The number of nitrogens with one attached hydrogen (secondary N) is 1. The van der Waals surface area contributed by atoms with Crippen molar-refractivity contribution < 1.29 is 32.6 Å². The standard InChI is InChI=1S/C12H23NO7S/c1-4-19-11(14)6-5-10(12(15)16)13-21(17,18)8-7-20-9(2)3/h9-10,13H,4-8H2,1-3H3,(H,15,16)/t10-/m0/s1. The molecule has 0 spiro atoms. The summed E-state index contributed by atoms with van der Waals surface area (Å²) in [5.74, 6) is -2.24. The zero-order valence-electron chi connectivity index (χ0n) is 12.5. The molecule has 0 aliphatic carbocycles. The zero-order chi connectivity index (χ0) is 16.5. The van der Waals surface area contributed by atoms with E-state index in [0.717, 1.165) is 0 Å². The third kappa shape index (κ3) is 10.2. The highest BCUT2D eigenvalue weighted by molar-refractivity contribution is 7.89. The summed E-state index contributed by atoms with van der Waals surface area (Å²) >= 11 is 0. The van der Waals surface area contributed by atoms with E-state index in [0.29, 0.717) is 0 Å². The summed E-state index contributed by atoms with van der Waals surface area (Å²) < 4.78 is 35.3. The number of carbonyl (C=O) groups is 2. The van der Waals surface area contributed by atoms with Crippen molar-refractivity contribution in [1.29, 1.82) is 0 Å². The average Bonchev–Trinajstić information content (AvgIpc) is 2.33. The fourth-order valence-corrected chi connectivity index (χ4v) is 2.48. The van der Waals surface area contributed by atoms with E-state index in [9.17, 15) is 18.0 Å². The lowest BCUT2D eigenvalue weighted by molar-refractivity contribution is -0.144. The van der Waals surface area contributed by atoms with Gasteiger partial charge in [0.2, 0.25) is 10.0 Å². The topological polar surface area (TPSA) is 119 Å². The lowest BCUT2D eigenvalue weighted by Crippen LogP contribution is -2.42. The SMILES string of the molecule is CCOC(=O)CC[C@H](NS(=O)(=O)CCOC(C)C)C(=O)O. The third-order valence-corrected chi connectivity index (χ3v) is 3.71. The second-order valence-electron chi connectivity index (χ2n) is 4.59. The van der Waals surface area contributed by atoms with Crippen LogP contribution in [0.3, 0.4) is 0 Å². The second-order valence-corrected chi connectivity index (χ2v) is 6.46. The molecule has 124 valence electrons. The number of rotatable bonds is 11. The Labute approximate surface area is 124 Å². The molecule has 8 nitrogen and oxygen atoms in total. The van der Waals surface area contributed by atoms with Gasteiger partial charge in [-0.15, -0.1) is 0 Å². The Morgan fingerprint density at radius 1 is 1.29 bits per heavy atom. The van der Waals surface area contributed by atoms with Crippen LogP contribution in [0.2, 0.25) is 0 Å². The highest BCUT2D eigenvalue weighted by Gasteiger charge is 2.24. The lowest BCUT2D eigenvalue weighted by atomic mass is 10.2. The summed E-state index contributed by atoms with van der Waals surface area (Å²) in [6, 6.07) is -1.36. The first kappa shape index (κ1) is 19.8. The molecule has 0 aliphatic heterocycles. The molecule has 0 unspecified atom stereocenters. The molecule has 0 saturated heterocycles. The molecule has 0 aromatic heterocycles. The van der Waals surface area contributed by atoms with Crippen LogP contribution in [0.25, 0.3) is 0 Å². The van der Waals surface area contributed by atoms with E-state index < -0.39 is 28.0 Å². The van der Waals surface area contributed by atoms with Gasteiger partial charge in [0, 0.05) is 6.42 Å². The number of aliphatic carboxylic acids is 1. The van der Waals surface area contributed by atoms with Crippen LogP contribution in [-0.4, -0.2) is 56.6 Å². The summed E-state index contributed by atoms with van der Waals surface area (Å²) in [5, 5.41) is 8.98. The van der Waals surface area contributed by atoms with E-state index in [1.54, 1.807) is 20.8 Å². The van der Waals surface area contributed by atoms with Gasteiger partial charge in [-0.25, -0.2) is 13.1 Å². The van der Waals surface area contributed by atoms with Crippen LogP contribution < -0.4 is 4.72 Å². The first-order chi connectivity index (χ1) is 9.68. The molecule has 0 aliphatic rings. The summed E-state index contributed by atoms with van der Waals surface area (Å²) in [6.45, 7) is 5.31. The van der Waals surface area contributed by atoms with Gasteiger partial charge in [0.15, 0.2) is 0 Å². The van der Waals surface area contributed by atoms with Gasteiger partial charge in [-0.05, 0) is 27.2 Å². The first-order valence-corrected chi connectivity index (χ1v) is 8.33. The molecule has 1 atom stereocenters. The predicted molar refractivity (Wildman–Crippen MR) is 75.3 cm³/mol. The molecular formula is C12H23NO7S. The Kier molecular flexibility index (Phi) is 9.14. The summed E-state index contributed by atoms with van der Waals surface area (Å²) in [6.07, 6.45) is -0.451. The predicted octanol–water partition coefficient (Wildman–Crippen LogP) is 0.127. The molecule has 0 fully saturated rings. The smallest absolute Gasteiger partial charge is 0.321 e. The van der Waals surface area contributed by atoms with Crippen molar-refractivity contribution in [3.63, 3.8) is 0 Å². The minimum Gasteiger partial charge on any atom is -0.480 e. The van der Waals surface area contributed by atoms with Crippen LogP contribution >= 0.6 is 0 Å². The third-order valence-electron chi connectivity index (χ3n) is 2.37. The van der Waals surface area contributed by atoms with E-state index in [1.165, 1.54) is 0 Å². The molecule has 0 radical (unpaired) electrons. The molecule has 0 heterocycles. The largest absolute Gasteiger partial charge is 0.480 e. The average molecular weight is 325 g/mol. The van der Waals surface area contributed by atoms with Gasteiger partial charge >= 0.3 is 11.9 Å². The van der Waals surface area contributed by atoms with Crippen LogP contribution in [0.15, 0.2) is 0 Å². The Bertz CT molecular complexity index is 433. The maximum absolute atomic E-state index is 11.7. The molecule has 0 rings (SSSR count). The minimum absolute atomic E-state index is 0.0305. The molecule has 0 bridgehead atoms. The molecule has 0 amide bonds.